The van der Waals surface area contributed by atoms with Crippen LogP contribution in [0.25, 0.3) is 10.9 Å². The molecule has 0 saturated carbocycles. The van der Waals surface area contributed by atoms with Gasteiger partial charge in [-0.05, 0) is 58.4 Å². The normalized spacial score (nSPS) is 12.6. The van der Waals surface area contributed by atoms with Crippen molar-refractivity contribution >= 4 is 23.3 Å². The summed E-state index contributed by atoms with van der Waals surface area (Å²) >= 11 is 0. The molecule has 1 aromatic heterocycles. The van der Waals surface area contributed by atoms with Crippen LogP contribution in [0.4, 0.5) is 0 Å². The van der Waals surface area contributed by atoms with Crippen LogP contribution in [0.1, 0.15) is 10.4 Å². The number of fused-ring (bicyclic) bond motifs is 1. The Balaban J connectivity index is 2.51. The number of carbonyl (C=O) groups is 2. The average Bonchev–Trinajstić information content (AvgIpc) is 2.94. The summed E-state index contributed by atoms with van der Waals surface area (Å²) in [7, 11) is 9.00. The van der Waals surface area contributed by atoms with Crippen LogP contribution < -0.4 is 4.74 Å². The van der Waals surface area contributed by atoms with E-state index in [1.165, 1.54) is 0 Å². The van der Waals surface area contributed by atoms with Gasteiger partial charge in [-0.1, -0.05) is 0 Å². The third-order valence-electron chi connectivity index (χ3n) is 4.02. The van der Waals surface area contributed by atoms with Crippen LogP contribution in [-0.2, 0) is 16.0 Å². The van der Waals surface area contributed by atoms with Crippen molar-refractivity contribution in [1.29, 1.82) is 0 Å². The molecule has 0 radical (unpaired) electrons. The van der Waals surface area contributed by atoms with Gasteiger partial charge in [0.15, 0.2) is 0 Å². The molecule has 0 bridgehead atoms. The molecule has 0 spiro atoms. The molecule has 0 amide bonds. The van der Waals surface area contributed by atoms with E-state index >= 15 is 0 Å². The third kappa shape index (κ3) is 4.18. The summed E-state index contributed by atoms with van der Waals surface area (Å²) < 4.78 is 11.8. The summed E-state index contributed by atoms with van der Waals surface area (Å²) in [4.78, 5) is 27.3. The summed E-state index contributed by atoms with van der Waals surface area (Å²) in [6.07, 6.45) is 1.63. The van der Waals surface area contributed by atoms with E-state index in [1.807, 2.05) is 38.5 Å². The standard InChI is InChI=1S/C18H25N3O4/c1-19(2)9-8-13-11-21(17(23)18(20(3)4)25-12-22)16-7-6-14(24-5)10-15(13)16/h6-7,10-12,18H,8-9H2,1-5H3. The van der Waals surface area contributed by atoms with Gasteiger partial charge in [-0.2, -0.15) is 0 Å². The van der Waals surface area contributed by atoms with Gasteiger partial charge in [0, 0.05) is 18.1 Å². The molecule has 2 rings (SSSR count). The zero-order chi connectivity index (χ0) is 18.6. The lowest BCUT2D eigenvalue weighted by atomic mass is 10.1. The molecular weight excluding hydrogens is 322 g/mol. The van der Waals surface area contributed by atoms with Gasteiger partial charge in [-0.25, -0.2) is 0 Å². The highest BCUT2D eigenvalue weighted by atomic mass is 16.5. The molecular formula is C18H25N3O4. The predicted molar refractivity (Wildman–Crippen MR) is 96.0 cm³/mol. The van der Waals surface area contributed by atoms with Gasteiger partial charge in [0.1, 0.15) is 5.75 Å². The fraction of sp³-hybridized carbons (Fsp3) is 0.444. The number of methoxy groups -OCH3 is 1. The van der Waals surface area contributed by atoms with Crippen LogP contribution in [0, 0.1) is 0 Å². The van der Waals surface area contributed by atoms with Crippen LogP contribution in [0.3, 0.4) is 0 Å². The molecule has 7 heteroatoms. The van der Waals surface area contributed by atoms with Crippen LogP contribution in [0.2, 0.25) is 0 Å². The predicted octanol–water partition coefficient (Wildman–Crippen LogP) is 1.45. The van der Waals surface area contributed by atoms with Crippen molar-refractivity contribution in [1.82, 2.24) is 14.4 Å². The Kier molecular flexibility index (Phi) is 6.17. The number of nitrogens with zero attached hydrogens (tertiary/aromatic N) is 3. The van der Waals surface area contributed by atoms with E-state index in [0.717, 1.165) is 35.2 Å². The number of aromatic nitrogens is 1. The van der Waals surface area contributed by atoms with Gasteiger partial charge in [0.05, 0.1) is 12.6 Å². The molecule has 0 saturated heterocycles. The maximum atomic E-state index is 12.9. The summed E-state index contributed by atoms with van der Waals surface area (Å²) in [5.74, 6) is 0.417. The van der Waals surface area contributed by atoms with E-state index in [4.69, 9.17) is 9.47 Å². The minimum Gasteiger partial charge on any atom is -0.497 e. The largest absolute Gasteiger partial charge is 0.497 e. The molecule has 1 atom stereocenters. The lowest BCUT2D eigenvalue weighted by molar-refractivity contribution is -0.137. The second-order valence-electron chi connectivity index (χ2n) is 6.35. The Morgan fingerprint density at radius 1 is 1.28 bits per heavy atom. The van der Waals surface area contributed by atoms with Crippen LogP contribution in [0.15, 0.2) is 24.4 Å². The van der Waals surface area contributed by atoms with Gasteiger partial charge in [0.25, 0.3) is 12.4 Å². The number of hydrogen-bond acceptors (Lipinski definition) is 6. The van der Waals surface area contributed by atoms with Gasteiger partial charge in [-0.3, -0.25) is 19.1 Å². The molecule has 1 heterocycles. The Hall–Kier alpha value is -2.38. The fourth-order valence-electron chi connectivity index (χ4n) is 2.70. The zero-order valence-electron chi connectivity index (χ0n) is 15.4. The van der Waals surface area contributed by atoms with Crippen molar-refractivity contribution in [2.24, 2.45) is 0 Å². The van der Waals surface area contributed by atoms with Gasteiger partial charge in [-0.15, -0.1) is 0 Å². The highest BCUT2D eigenvalue weighted by Gasteiger charge is 2.26. The Bertz CT molecular complexity index is 752. The van der Waals surface area contributed by atoms with Crippen LogP contribution >= 0.6 is 0 Å². The first kappa shape index (κ1) is 19.0. The first-order valence-electron chi connectivity index (χ1n) is 8.01. The molecule has 25 heavy (non-hydrogen) atoms. The zero-order valence-corrected chi connectivity index (χ0v) is 15.4. The average molecular weight is 347 g/mol. The van der Waals surface area contributed by atoms with E-state index in [0.29, 0.717) is 6.47 Å². The number of ether oxygens (including phenoxy) is 2. The molecule has 0 aliphatic carbocycles. The summed E-state index contributed by atoms with van der Waals surface area (Å²) in [5.41, 5.74) is 1.81. The topological polar surface area (TPSA) is 64.0 Å². The highest BCUT2D eigenvalue weighted by Crippen LogP contribution is 2.27. The minimum absolute atomic E-state index is 0.296. The smallest absolute Gasteiger partial charge is 0.295 e. The van der Waals surface area contributed by atoms with Crippen molar-refractivity contribution in [2.75, 3.05) is 41.8 Å². The van der Waals surface area contributed by atoms with Gasteiger partial charge in [0.2, 0.25) is 6.23 Å². The van der Waals surface area contributed by atoms with E-state index in [9.17, 15) is 9.59 Å². The van der Waals surface area contributed by atoms with Crippen molar-refractivity contribution in [3.8, 4) is 5.75 Å². The first-order chi connectivity index (χ1) is 11.9. The minimum atomic E-state index is -0.975. The number of hydrogen-bond donors (Lipinski definition) is 0. The van der Waals surface area contributed by atoms with Crippen molar-refractivity contribution < 1.29 is 19.1 Å². The molecule has 0 aliphatic rings. The molecule has 7 nitrogen and oxygen atoms in total. The number of carbonyl (C=O) groups excluding carboxylic acids is 2. The van der Waals surface area contributed by atoms with Crippen molar-refractivity contribution in [3.63, 3.8) is 0 Å². The lowest BCUT2D eigenvalue weighted by Crippen LogP contribution is -2.40. The van der Waals surface area contributed by atoms with E-state index in [1.54, 1.807) is 30.7 Å². The number of likely N-dealkylation sites (N-methyl/N-ethyl adjacent to an activating group) is 2. The molecule has 136 valence electrons. The molecule has 0 fully saturated rings. The second-order valence-corrected chi connectivity index (χ2v) is 6.35. The summed E-state index contributed by atoms with van der Waals surface area (Å²) in [5, 5.41) is 0.957. The van der Waals surface area contributed by atoms with Gasteiger partial charge < -0.3 is 14.4 Å². The van der Waals surface area contributed by atoms with E-state index in [-0.39, 0.29) is 5.91 Å². The maximum absolute atomic E-state index is 12.9. The molecule has 2 aromatic rings. The fourth-order valence-corrected chi connectivity index (χ4v) is 2.70. The van der Waals surface area contributed by atoms with Crippen molar-refractivity contribution in [3.05, 3.63) is 30.0 Å². The Morgan fingerprint density at radius 2 is 2.00 bits per heavy atom. The van der Waals surface area contributed by atoms with E-state index < -0.39 is 6.23 Å². The van der Waals surface area contributed by atoms with Gasteiger partial charge >= 0.3 is 0 Å². The quantitative estimate of drug-likeness (QED) is 0.532. The van der Waals surface area contributed by atoms with E-state index in [2.05, 4.69) is 4.90 Å². The lowest BCUT2D eigenvalue weighted by Gasteiger charge is -2.21. The number of benzene rings is 1. The highest BCUT2D eigenvalue weighted by molar-refractivity contribution is 5.97. The summed E-state index contributed by atoms with van der Waals surface area (Å²) in [6.45, 7) is 1.15. The van der Waals surface area contributed by atoms with Crippen molar-refractivity contribution in [2.45, 2.75) is 12.6 Å². The maximum Gasteiger partial charge on any atom is 0.295 e. The molecule has 0 N–H and O–H groups in total. The Labute approximate surface area is 147 Å². The molecule has 1 unspecified atom stereocenters. The monoisotopic (exact) mass is 347 g/mol. The van der Waals surface area contributed by atoms with Crippen LogP contribution in [-0.4, -0.2) is 74.8 Å². The van der Waals surface area contributed by atoms with Crippen LogP contribution in [0.5, 0.6) is 5.75 Å². The summed E-state index contributed by atoms with van der Waals surface area (Å²) in [6, 6.07) is 5.58. The Morgan fingerprint density at radius 3 is 2.56 bits per heavy atom. The first-order valence-corrected chi connectivity index (χ1v) is 8.01. The second kappa shape index (κ2) is 8.13. The number of rotatable bonds is 8. The SMILES string of the molecule is COc1ccc2c(c1)c(CCN(C)C)cn2C(=O)C(OC=O)N(C)C. The third-order valence-corrected chi connectivity index (χ3v) is 4.02. The molecule has 0 aliphatic heterocycles. The molecule has 1 aromatic carbocycles.